The molecule has 0 saturated heterocycles. The molecule has 0 fully saturated rings. The van der Waals surface area contributed by atoms with Crippen molar-refractivity contribution in [3.8, 4) is 0 Å². The molecule has 0 amide bonds. The van der Waals surface area contributed by atoms with Crippen LogP contribution in [0.5, 0.6) is 0 Å². The first-order valence-corrected chi connectivity index (χ1v) is 10.1. The molecule has 0 aliphatic carbocycles. The molecular weight excluding hydrogens is 304 g/mol. The summed E-state index contributed by atoms with van der Waals surface area (Å²) < 4.78 is 27.2. The van der Waals surface area contributed by atoms with E-state index in [2.05, 4.69) is 23.9 Å². The van der Waals surface area contributed by atoms with Crippen LogP contribution >= 0.6 is 11.8 Å². The van der Waals surface area contributed by atoms with Gasteiger partial charge in [0.1, 0.15) is 0 Å². The minimum atomic E-state index is -3.41. The summed E-state index contributed by atoms with van der Waals surface area (Å²) >= 11 is 1.72. The van der Waals surface area contributed by atoms with E-state index in [0.29, 0.717) is 24.0 Å². The van der Waals surface area contributed by atoms with Crippen LogP contribution in [0.25, 0.3) is 0 Å². The summed E-state index contributed by atoms with van der Waals surface area (Å²) in [6.07, 6.45) is 2.86. The van der Waals surface area contributed by atoms with Gasteiger partial charge in [0, 0.05) is 19.1 Å². The zero-order chi connectivity index (χ0) is 15.9. The predicted molar refractivity (Wildman–Crippen MR) is 91.3 cm³/mol. The van der Waals surface area contributed by atoms with Gasteiger partial charge in [-0.05, 0) is 48.6 Å². The van der Waals surface area contributed by atoms with Crippen molar-refractivity contribution in [3.63, 3.8) is 0 Å². The smallest absolute Gasteiger partial charge is 0.240 e. The quantitative estimate of drug-likeness (QED) is 0.683. The van der Waals surface area contributed by atoms with Gasteiger partial charge in [0.05, 0.1) is 4.90 Å². The molecule has 0 atom stereocenters. The van der Waals surface area contributed by atoms with Crippen LogP contribution in [0.3, 0.4) is 0 Å². The van der Waals surface area contributed by atoms with Crippen molar-refractivity contribution < 1.29 is 8.42 Å². The van der Waals surface area contributed by atoms with E-state index in [1.807, 2.05) is 19.2 Å². The van der Waals surface area contributed by atoms with Gasteiger partial charge in [0.2, 0.25) is 10.0 Å². The molecule has 0 aromatic heterocycles. The molecule has 0 heterocycles. The Labute approximate surface area is 133 Å². The molecule has 0 aliphatic heterocycles. The molecule has 0 spiro atoms. The third-order valence-electron chi connectivity index (χ3n) is 3.15. The number of hydrogen-bond acceptors (Lipinski definition) is 4. The van der Waals surface area contributed by atoms with Crippen LogP contribution in [-0.2, 0) is 16.6 Å². The van der Waals surface area contributed by atoms with Crippen LogP contribution in [0.2, 0.25) is 0 Å². The van der Waals surface area contributed by atoms with Crippen LogP contribution in [0.15, 0.2) is 23.1 Å². The second kappa shape index (κ2) is 8.78. The maximum atomic E-state index is 12.3. The Morgan fingerprint density at radius 1 is 1.29 bits per heavy atom. The van der Waals surface area contributed by atoms with E-state index in [1.54, 1.807) is 23.9 Å². The Balaban J connectivity index is 2.79. The molecule has 1 aromatic rings. The lowest BCUT2D eigenvalue weighted by molar-refractivity contribution is 0.578. The summed E-state index contributed by atoms with van der Waals surface area (Å²) in [6, 6.07) is 5.68. The molecule has 0 radical (unpaired) electrons. The average Bonchev–Trinajstić information content (AvgIpc) is 2.42. The van der Waals surface area contributed by atoms with E-state index >= 15 is 0 Å². The van der Waals surface area contributed by atoms with Gasteiger partial charge < -0.3 is 5.32 Å². The highest BCUT2D eigenvalue weighted by Crippen LogP contribution is 2.16. The van der Waals surface area contributed by atoms with Crippen molar-refractivity contribution in [1.29, 1.82) is 0 Å². The molecule has 0 bridgehead atoms. The van der Waals surface area contributed by atoms with Crippen LogP contribution in [-0.4, -0.2) is 33.0 Å². The fourth-order valence-electron chi connectivity index (χ4n) is 1.83. The Morgan fingerprint density at radius 3 is 2.62 bits per heavy atom. The first kappa shape index (κ1) is 18.5. The average molecular weight is 331 g/mol. The Morgan fingerprint density at radius 2 is 2.00 bits per heavy atom. The normalized spacial score (nSPS) is 12.0. The van der Waals surface area contributed by atoms with Crippen LogP contribution in [0.1, 0.15) is 31.4 Å². The number of thioether (sulfide) groups is 1. The molecule has 1 aromatic carbocycles. The van der Waals surface area contributed by atoms with Gasteiger partial charge in [0.15, 0.2) is 0 Å². The zero-order valence-corrected chi connectivity index (χ0v) is 14.9. The summed E-state index contributed by atoms with van der Waals surface area (Å²) in [5.41, 5.74) is 2.13. The summed E-state index contributed by atoms with van der Waals surface area (Å²) in [7, 11) is -3.41. The minimum absolute atomic E-state index is 0.345. The summed E-state index contributed by atoms with van der Waals surface area (Å²) in [5.74, 6) is 0.958. The van der Waals surface area contributed by atoms with Gasteiger partial charge in [-0.2, -0.15) is 11.8 Å². The Kier molecular flexibility index (Phi) is 7.73. The molecule has 2 N–H and O–H groups in total. The van der Waals surface area contributed by atoms with Gasteiger partial charge in [-0.1, -0.05) is 19.9 Å². The monoisotopic (exact) mass is 330 g/mol. The second-order valence-electron chi connectivity index (χ2n) is 5.37. The first-order valence-electron chi connectivity index (χ1n) is 7.18. The van der Waals surface area contributed by atoms with Crippen molar-refractivity contribution in [2.24, 2.45) is 0 Å². The molecule has 1 rings (SSSR count). The van der Waals surface area contributed by atoms with Crippen LogP contribution in [0, 0.1) is 6.92 Å². The van der Waals surface area contributed by atoms with Crippen molar-refractivity contribution in [2.75, 3.05) is 18.6 Å². The Bertz CT molecular complexity index is 543. The standard InChI is InChI=1S/C15H26N2O2S2/c1-12(2)16-11-14-10-15(7-6-13(14)3)21(18,19)17-8-5-9-20-4/h6-7,10,12,16-17H,5,8-9,11H2,1-4H3. The van der Waals surface area contributed by atoms with E-state index in [-0.39, 0.29) is 0 Å². The lowest BCUT2D eigenvalue weighted by Gasteiger charge is -2.13. The topological polar surface area (TPSA) is 58.2 Å². The van der Waals surface area contributed by atoms with Crippen molar-refractivity contribution >= 4 is 21.8 Å². The van der Waals surface area contributed by atoms with Crippen LogP contribution < -0.4 is 10.0 Å². The number of benzene rings is 1. The fraction of sp³-hybridized carbons (Fsp3) is 0.600. The van der Waals surface area contributed by atoms with Crippen LogP contribution in [0.4, 0.5) is 0 Å². The van der Waals surface area contributed by atoms with Crippen molar-refractivity contribution in [1.82, 2.24) is 10.0 Å². The Hall–Kier alpha value is -0.560. The molecule has 21 heavy (non-hydrogen) atoms. The maximum absolute atomic E-state index is 12.3. The minimum Gasteiger partial charge on any atom is -0.310 e. The highest BCUT2D eigenvalue weighted by atomic mass is 32.2. The lowest BCUT2D eigenvalue weighted by atomic mass is 10.1. The largest absolute Gasteiger partial charge is 0.310 e. The molecular formula is C15H26N2O2S2. The van der Waals surface area contributed by atoms with E-state index < -0.39 is 10.0 Å². The zero-order valence-electron chi connectivity index (χ0n) is 13.3. The molecule has 0 aliphatic rings. The molecule has 4 nitrogen and oxygen atoms in total. The van der Waals surface area contributed by atoms with Gasteiger partial charge >= 0.3 is 0 Å². The molecule has 0 saturated carbocycles. The van der Waals surface area contributed by atoms with E-state index in [1.165, 1.54) is 0 Å². The number of aryl methyl sites for hydroxylation is 1. The van der Waals surface area contributed by atoms with E-state index in [0.717, 1.165) is 23.3 Å². The maximum Gasteiger partial charge on any atom is 0.240 e. The van der Waals surface area contributed by atoms with E-state index in [4.69, 9.17) is 0 Å². The second-order valence-corrected chi connectivity index (χ2v) is 8.12. The number of hydrogen-bond donors (Lipinski definition) is 2. The highest BCUT2D eigenvalue weighted by molar-refractivity contribution is 7.98. The third-order valence-corrected chi connectivity index (χ3v) is 5.30. The molecule has 6 heteroatoms. The lowest BCUT2D eigenvalue weighted by Crippen LogP contribution is -2.26. The highest BCUT2D eigenvalue weighted by Gasteiger charge is 2.14. The van der Waals surface area contributed by atoms with Gasteiger partial charge in [-0.25, -0.2) is 13.1 Å². The first-order chi connectivity index (χ1) is 9.86. The number of sulfonamides is 1. The number of rotatable bonds is 9. The number of nitrogens with one attached hydrogen (secondary N) is 2. The van der Waals surface area contributed by atoms with Gasteiger partial charge in [0.25, 0.3) is 0 Å². The summed E-state index contributed by atoms with van der Waals surface area (Å²) in [4.78, 5) is 0.345. The van der Waals surface area contributed by atoms with Gasteiger partial charge in [-0.15, -0.1) is 0 Å². The fourth-order valence-corrected chi connectivity index (χ4v) is 3.38. The van der Waals surface area contributed by atoms with Crippen molar-refractivity contribution in [2.45, 2.75) is 44.7 Å². The summed E-state index contributed by atoms with van der Waals surface area (Å²) in [6.45, 7) is 7.31. The SMILES string of the molecule is CSCCCNS(=O)(=O)c1ccc(C)c(CNC(C)C)c1. The van der Waals surface area contributed by atoms with E-state index in [9.17, 15) is 8.42 Å². The molecule has 0 unspecified atom stereocenters. The molecule has 120 valence electrons. The predicted octanol–water partition coefficient (Wildman–Crippen LogP) is 2.52. The summed E-state index contributed by atoms with van der Waals surface area (Å²) in [5, 5.41) is 3.32. The third kappa shape index (κ3) is 6.38. The van der Waals surface area contributed by atoms with Crippen molar-refractivity contribution in [3.05, 3.63) is 29.3 Å². The van der Waals surface area contributed by atoms with Gasteiger partial charge in [-0.3, -0.25) is 0 Å².